The number of aromatic nitrogens is 4. The normalized spacial score (nSPS) is 10.8. The van der Waals surface area contributed by atoms with Crippen LogP contribution in [0.15, 0.2) is 65.7 Å². The molecular weight excluding hydrogens is 422 g/mol. The van der Waals surface area contributed by atoms with Gasteiger partial charge >= 0.3 is 5.97 Å². The molecule has 0 aliphatic rings. The van der Waals surface area contributed by atoms with E-state index >= 15 is 0 Å². The number of hydrogen-bond acceptors (Lipinski definition) is 6. The molecule has 4 aromatic rings. The van der Waals surface area contributed by atoms with Crippen molar-refractivity contribution in [2.24, 2.45) is 0 Å². The van der Waals surface area contributed by atoms with Gasteiger partial charge in [-0.05, 0) is 49.2 Å². The van der Waals surface area contributed by atoms with Crippen LogP contribution in [0.4, 0.5) is 5.69 Å². The SMILES string of the molecule is CCOC(=O)c1ccc(NC(=O)Cn2ncn3nc(-c4ccc(CC)cc4)cc3c2=O)cc1. The Kier molecular flexibility index (Phi) is 6.30. The highest BCUT2D eigenvalue weighted by molar-refractivity contribution is 5.93. The predicted molar refractivity (Wildman–Crippen MR) is 123 cm³/mol. The maximum Gasteiger partial charge on any atom is 0.338 e. The Balaban J connectivity index is 1.49. The summed E-state index contributed by atoms with van der Waals surface area (Å²) in [6, 6.07) is 16.0. The molecule has 9 nitrogen and oxygen atoms in total. The van der Waals surface area contributed by atoms with Crippen molar-refractivity contribution >= 4 is 23.1 Å². The number of carbonyl (C=O) groups is 2. The van der Waals surface area contributed by atoms with Gasteiger partial charge in [0.2, 0.25) is 5.91 Å². The largest absolute Gasteiger partial charge is 0.462 e. The summed E-state index contributed by atoms with van der Waals surface area (Å²) in [5.74, 6) is -0.853. The molecule has 9 heteroatoms. The van der Waals surface area contributed by atoms with Crippen molar-refractivity contribution in [3.63, 3.8) is 0 Å². The van der Waals surface area contributed by atoms with Crippen molar-refractivity contribution < 1.29 is 14.3 Å². The zero-order valence-electron chi connectivity index (χ0n) is 18.3. The molecule has 0 radical (unpaired) electrons. The molecule has 0 spiro atoms. The third kappa shape index (κ3) is 4.82. The lowest BCUT2D eigenvalue weighted by Gasteiger charge is -2.07. The molecule has 33 heavy (non-hydrogen) atoms. The van der Waals surface area contributed by atoms with E-state index in [1.807, 2.05) is 24.3 Å². The standard InChI is InChI=1S/C24H23N5O4/c1-3-16-5-7-17(8-6-16)20-13-21-23(31)28(25-15-29(21)27-20)14-22(30)26-19-11-9-18(10-12-19)24(32)33-4-2/h5-13,15H,3-4,14H2,1-2H3,(H,26,30). The Morgan fingerprint density at radius 1 is 1.03 bits per heavy atom. The average Bonchev–Trinajstić information content (AvgIpc) is 3.27. The van der Waals surface area contributed by atoms with Crippen molar-refractivity contribution in [1.82, 2.24) is 19.4 Å². The van der Waals surface area contributed by atoms with E-state index in [-0.39, 0.29) is 13.2 Å². The molecule has 0 aliphatic carbocycles. The minimum absolute atomic E-state index is 0.263. The van der Waals surface area contributed by atoms with Gasteiger partial charge in [0.25, 0.3) is 5.56 Å². The van der Waals surface area contributed by atoms with Crippen LogP contribution in [0.2, 0.25) is 0 Å². The number of rotatable bonds is 7. The summed E-state index contributed by atoms with van der Waals surface area (Å²) in [5.41, 5.74) is 3.54. The van der Waals surface area contributed by atoms with Crippen LogP contribution in [-0.4, -0.2) is 37.9 Å². The predicted octanol–water partition coefficient (Wildman–Crippen LogP) is 2.94. The van der Waals surface area contributed by atoms with Crippen LogP contribution < -0.4 is 10.9 Å². The van der Waals surface area contributed by atoms with Gasteiger partial charge in [-0.3, -0.25) is 9.59 Å². The zero-order chi connectivity index (χ0) is 23.4. The molecule has 0 aliphatic heterocycles. The van der Waals surface area contributed by atoms with Crippen molar-refractivity contribution in [1.29, 1.82) is 0 Å². The number of ether oxygens (including phenoxy) is 1. The molecule has 1 N–H and O–H groups in total. The Labute approximate surface area is 189 Å². The second-order valence-corrected chi connectivity index (χ2v) is 7.35. The molecule has 4 rings (SSSR count). The number of aryl methyl sites for hydroxylation is 1. The highest BCUT2D eigenvalue weighted by Gasteiger charge is 2.13. The second kappa shape index (κ2) is 9.47. The smallest absolute Gasteiger partial charge is 0.338 e. The van der Waals surface area contributed by atoms with Crippen molar-refractivity contribution in [3.05, 3.63) is 82.4 Å². The van der Waals surface area contributed by atoms with Gasteiger partial charge in [-0.1, -0.05) is 31.2 Å². The van der Waals surface area contributed by atoms with E-state index < -0.39 is 17.4 Å². The summed E-state index contributed by atoms with van der Waals surface area (Å²) in [5, 5.41) is 11.2. The van der Waals surface area contributed by atoms with E-state index in [2.05, 4.69) is 22.4 Å². The molecule has 0 fully saturated rings. The monoisotopic (exact) mass is 445 g/mol. The first-order valence-electron chi connectivity index (χ1n) is 10.6. The van der Waals surface area contributed by atoms with E-state index in [0.717, 1.165) is 16.7 Å². The topological polar surface area (TPSA) is 108 Å². The minimum Gasteiger partial charge on any atom is -0.462 e. The summed E-state index contributed by atoms with van der Waals surface area (Å²) in [6.45, 7) is 3.84. The fraction of sp³-hybridized carbons (Fsp3) is 0.208. The van der Waals surface area contributed by atoms with Gasteiger partial charge in [0, 0.05) is 11.3 Å². The fourth-order valence-electron chi connectivity index (χ4n) is 3.34. The maximum absolute atomic E-state index is 12.9. The molecule has 0 saturated heterocycles. The van der Waals surface area contributed by atoms with Crippen molar-refractivity contribution in [3.8, 4) is 11.3 Å². The van der Waals surface area contributed by atoms with Gasteiger partial charge in [-0.25, -0.2) is 14.0 Å². The van der Waals surface area contributed by atoms with Gasteiger partial charge in [-0.2, -0.15) is 10.2 Å². The maximum atomic E-state index is 12.9. The number of nitrogens with zero attached hydrogens (tertiary/aromatic N) is 4. The lowest BCUT2D eigenvalue weighted by Crippen LogP contribution is -2.30. The molecule has 2 aromatic carbocycles. The number of anilines is 1. The number of amides is 1. The van der Waals surface area contributed by atoms with Gasteiger partial charge in [-0.15, -0.1) is 0 Å². The molecule has 0 saturated carbocycles. The summed E-state index contributed by atoms with van der Waals surface area (Å²) in [4.78, 5) is 37.0. The van der Waals surface area contributed by atoms with Crippen LogP contribution in [0.3, 0.4) is 0 Å². The average molecular weight is 445 g/mol. The van der Waals surface area contributed by atoms with Crippen LogP contribution >= 0.6 is 0 Å². The van der Waals surface area contributed by atoms with E-state index in [1.165, 1.54) is 16.4 Å². The van der Waals surface area contributed by atoms with Gasteiger partial charge in [0.1, 0.15) is 18.4 Å². The first kappa shape index (κ1) is 21.9. The third-order valence-corrected chi connectivity index (χ3v) is 5.12. The number of esters is 1. The molecule has 0 bridgehead atoms. The Hall–Kier alpha value is -4.27. The molecule has 2 aromatic heterocycles. The summed E-state index contributed by atoms with van der Waals surface area (Å²) in [6.07, 6.45) is 2.35. The Morgan fingerprint density at radius 2 is 1.76 bits per heavy atom. The first-order chi connectivity index (χ1) is 16.0. The summed E-state index contributed by atoms with van der Waals surface area (Å²) in [7, 11) is 0. The van der Waals surface area contributed by atoms with E-state index in [9.17, 15) is 14.4 Å². The summed E-state index contributed by atoms with van der Waals surface area (Å²) < 4.78 is 7.43. The molecule has 1 amide bonds. The van der Waals surface area contributed by atoms with Crippen molar-refractivity contribution in [2.75, 3.05) is 11.9 Å². The number of nitrogens with one attached hydrogen (secondary N) is 1. The van der Waals surface area contributed by atoms with Gasteiger partial charge in [0.05, 0.1) is 17.9 Å². The first-order valence-corrected chi connectivity index (χ1v) is 10.6. The number of benzene rings is 2. The summed E-state index contributed by atoms with van der Waals surface area (Å²) >= 11 is 0. The van der Waals surface area contributed by atoms with Crippen LogP contribution in [0.5, 0.6) is 0 Å². The highest BCUT2D eigenvalue weighted by Crippen LogP contribution is 2.19. The fourth-order valence-corrected chi connectivity index (χ4v) is 3.34. The van der Waals surface area contributed by atoms with E-state index in [0.29, 0.717) is 22.5 Å². The Bertz CT molecular complexity index is 1350. The minimum atomic E-state index is -0.430. The van der Waals surface area contributed by atoms with Gasteiger partial charge < -0.3 is 10.1 Å². The highest BCUT2D eigenvalue weighted by atomic mass is 16.5. The quantitative estimate of drug-likeness (QED) is 0.438. The second-order valence-electron chi connectivity index (χ2n) is 7.35. The zero-order valence-corrected chi connectivity index (χ0v) is 18.3. The third-order valence-electron chi connectivity index (χ3n) is 5.12. The van der Waals surface area contributed by atoms with E-state index in [4.69, 9.17) is 4.74 Å². The van der Waals surface area contributed by atoms with Crippen LogP contribution in [0, 0.1) is 0 Å². The Morgan fingerprint density at radius 3 is 2.42 bits per heavy atom. The molecular formula is C24H23N5O4. The van der Waals surface area contributed by atoms with E-state index in [1.54, 1.807) is 37.3 Å². The van der Waals surface area contributed by atoms with Crippen LogP contribution in [-0.2, 0) is 22.5 Å². The molecule has 168 valence electrons. The number of fused-ring (bicyclic) bond motifs is 1. The molecule has 0 unspecified atom stereocenters. The number of hydrogen-bond donors (Lipinski definition) is 1. The molecule has 0 atom stereocenters. The van der Waals surface area contributed by atoms with Gasteiger partial charge in [0.15, 0.2) is 0 Å². The lowest BCUT2D eigenvalue weighted by molar-refractivity contribution is -0.117. The van der Waals surface area contributed by atoms with Crippen LogP contribution in [0.1, 0.15) is 29.8 Å². The molecule has 2 heterocycles. The lowest BCUT2D eigenvalue weighted by atomic mass is 10.1. The van der Waals surface area contributed by atoms with Crippen molar-refractivity contribution in [2.45, 2.75) is 26.8 Å². The van der Waals surface area contributed by atoms with Crippen LogP contribution in [0.25, 0.3) is 16.8 Å². The number of carbonyl (C=O) groups excluding carboxylic acids is 2.